The summed E-state index contributed by atoms with van der Waals surface area (Å²) >= 11 is 0. The topological polar surface area (TPSA) is 102 Å². The number of esters is 1. The minimum Gasteiger partial charge on any atom is -0.856 e. The monoisotopic (exact) mass is 289 g/mol. The van der Waals surface area contributed by atoms with Gasteiger partial charge in [0.25, 0.3) is 0 Å². The van der Waals surface area contributed by atoms with Crippen LogP contribution in [0.15, 0.2) is 29.4 Å². The first-order valence-corrected chi connectivity index (χ1v) is 6.14. The van der Waals surface area contributed by atoms with Crippen LogP contribution in [0.2, 0.25) is 0 Å². The zero-order valence-corrected chi connectivity index (χ0v) is 11.5. The minimum atomic E-state index is -0.812. The second-order valence-electron chi connectivity index (χ2n) is 3.87. The smallest absolute Gasteiger partial charge is 0.359 e. The number of benzene rings is 1. The summed E-state index contributed by atoms with van der Waals surface area (Å²) in [4.78, 5) is 12.2. The zero-order valence-electron chi connectivity index (χ0n) is 11.5. The first-order valence-electron chi connectivity index (χ1n) is 6.14. The van der Waals surface area contributed by atoms with Crippen LogP contribution in [0.4, 0.5) is 0 Å². The maximum absolute atomic E-state index is 11.8. The Bertz CT molecular complexity index is 649. The second kappa shape index (κ2) is 6.51. The molecule has 2 rings (SSSR count). The molecule has 0 aliphatic heterocycles. The normalized spacial score (nSPS) is 10.8. The Balaban J connectivity index is 2.15. The maximum atomic E-state index is 11.8. The molecule has 1 aromatic heterocycles. The van der Waals surface area contributed by atoms with Crippen LogP contribution >= 0.6 is 0 Å². The van der Waals surface area contributed by atoms with Crippen LogP contribution in [0.3, 0.4) is 0 Å². The van der Waals surface area contributed by atoms with Crippen molar-refractivity contribution in [3.8, 4) is 11.6 Å². The molecule has 21 heavy (non-hydrogen) atoms. The molecule has 0 amide bonds. The number of hydrogen-bond acceptors (Lipinski definition) is 7. The molecule has 110 valence electrons. The van der Waals surface area contributed by atoms with Gasteiger partial charge in [0.15, 0.2) is 5.69 Å². The van der Waals surface area contributed by atoms with Crippen molar-refractivity contribution in [2.45, 2.75) is 6.92 Å². The summed E-state index contributed by atoms with van der Waals surface area (Å²) < 4.78 is 9.72. The molecular weight excluding hydrogens is 276 g/mol. The molecular formula is C13H13N4O4-. The molecule has 2 aromatic rings. The quantitative estimate of drug-likeness (QED) is 0.584. The van der Waals surface area contributed by atoms with Crippen molar-refractivity contribution in [2.24, 2.45) is 5.10 Å². The number of carbonyl (C=O) groups excluding carboxylic acids is 1. The third-order valence-electron chi connectivity index (χ3n) is 2.51. The van der Waals surface area contributed by atoms with Crippen LogP contribution in [0.25, 0.3) is 0 Å². The molecule has 0 fully saturated rings. The molecule has 0 spiro atoms. The van der Waals surface area contributed by atoms with E-state index in [1.54, 1.807) is 38.3 Å². The number of hydrogen-bond donors (Lipinski definition) is 0. The summed E-state index contributed by atoms with van der Waals surface area (Å²) in [5.41, 5.74) is 0.354. The molecule has 0 atom stereocenters. The van der Waals surface area contributed by atoms with E-state index in [0.717, 1.165) is 10.4 Å². The Morgan fingerprint density at radius 2 is 2.14 bits per heavy atom. The molecule has 0 saturated carbocycles. The van der Waals surface area contributed by atoms with E-state index >= 15 is 0 Å². The number of aromatic nitrogens is 3. The summed E-state index contributed by atoms with van der Waals surface area (Å²) in [7, 11) is 1.57. The number of carbonyl (C=O) groups is 1. The van der Waals surface area contributed by atoms with Gasteiger partial charge in [-0.25, -0.2) is 4.79 Å². The van der Waals surface area contributed by atoms with E-state index in [1.165, 1.54) is 6.21 Å². The SMILES string of the molecule is CCOC(=O)c1nnn(/N=C/c2ccc(OC)cc2)c1[O-]. The van der Waals surface area contributed by atoms with Crippen molar-refractivity contribution >= 4 is 12.2 Å². The summed E-state index contributed by atoms with van der Waals surface area (Å²) in [5, 5.41) is 22.6. The van der Waals surface area contributed by atoms with Gasteiger partial charge in [0.2, 0.25) is 0 Å². The standard InChI is InChI=1S/C13H14N4O4/c1-3-21-13(19)11-12(18)17(16-15-11)14-8-9-4-6-10(20-2)7-5-9/h4-8,18H,3H2,1-2H3/p-1/b14-8+. The van der Waals surface area contributed by atoms with Crippen molar-refractivity contribution in [3.63, 3.8) is 0 Å². The van der Waals surface area contributed by atoms with E-state index in [9.17, 15) is 9.90 Å². The Morgan fingerprint density at radius 1 is 1.43 bits per heavy atom. The minimum absolute atomic E-state index is 0.153. The van der Waals surface area contributed by atoms with Gasteiger partial charge < -0.3 is 14.6 Å². The Labute approximate surface area is 120 Å². The lowest BCUT2D eigenvalue weighted by molar-refractivity contribution is -0.279. The summed E-state index contributed by atoms with van der Waals surface area (Å²) in [6.07, 6.45) is 1.42. The van der Waals surface area contributed by atoms with Crippen LogP contribution in [0, 0.1) is 0 Å². The fourth-order valence-corrected chi connectivity index (χ4v) is 1.48. The van der Waals surface area contributed by atoms with E-state index in [1.807, 2.05) is 0 Å². The largest absolute Gasteiger partial charge is 0.856 e. The highest BCUT2D eigenvalue weighted by molar-refractivity contribution is 5.89. The van der Waals surface area contributed by atoms with Crippen molar-refractivity contribution in [1.29, 1.82) is 0 Å². The van der Waals surface area contributed by atoms with Gasteiger partial charge in [-0.15, -0.1) is 9.89 Å². The third kappa shape index (κ3) is 3.35. The predicted octanol–water partition coefficient (Wildman–Crippen LogP) is 0.419. The van der Waals surface area contributed by atoms with Crippen LogP contribution < -0.4 is 9.84 Å². The molecule has 8 nitrogen and oxygen atoms in total. The van der Waals surface area contributed by atoms with Crippen LogP contribution in [0.5, 0.6) is 11.6 Å². The van der Waals surface area contributed by atoms with E-state index in [4.69, 9.17) is 4.74 Å². The number of nitrogens with zero attached hydrogens (tertiary/aromatic N) is 4. The molecule has 0 aliphatic rings. The third-order valence-corrected chi connectivity index (χ3v) is 2.51. The van der Waals surface area contributed by atoms with Crippen LogP contribution in [-0.2, 0) is 4.74 Å². The zero-order chi connectivity index (χ0) is 15.2. The van der Waals surface area contributed by atoms with Crippen molar-refractivity contribution in [1.82, 2.24) is 15.1 Å². The average molecular weight is 289 g/mol. The summed E-state index contributed by atoms with van der Waals surface area (Å²) in [6.45, 7) is 1.79. The highest BCUT2D eigenvalue weighted by atomic mass is 16.5. The molecule has 0 aliphatic carbocycles. The number of ether oxygens (including phenoxy) is 2. The Morgan fingerprint density at radius 3 is 2.76 bits per heavy atom. The molecule has 1 aromatic carbocycles. The first kappa shape index (κ1) is 14.5. The van der Waals surface area contributed by atoms with Gasteiger partial charge in [-0.2, -0.15) is 5.10 Å². The summed E-state index contributed by atoms with van der Waals surface area (Å²) in [6, 6.07) is 7.03. The molecule has 1 heterocycles. The van der Waals surface area contributed by atoms with Gasteiger partial charge >= 0.3 is 5.97 Å². The lowest BCUT2D eigenvalue weighted by Gasteiger charge is -2.05. The molecule has 8 heteroatoms. The lowest BCUT2D eigenvalue weighted by atomic mass is 10.2. The summed E-state index contributed by atoms with van der Waals surface area (Å²) in [5.74, 6) is -0.825. The van der Waals surface area contributed by atoms with Crippen molar-refractivity contribution in [2.75, 3.05) is 13.7 Å². The number of rotatable bonds is 5. The molecule has 0 saturated heterocycles. The molecule has 0 unspecified atom stereocenters. The van der Waals surface area contributed by atoms with Gasteiger partial charge in [-0.3, -0.25) is 0 Å². The van der Waals surface area contributed by atoms with Gasteiger partial charge in [0, 0.05) is 5.88 Å². The van der Waals surface area contributed by atoms with Crippen LogP contribution in [-0.4, -0.2) is 41.0 Å². The first-order chi connectivity index (χ1) is 10.2. The highest BCUT2D eigenvalue weighted by Gasteiger charge is 2.13. The van der Waals surface area contributed by atoms with Crippen molar-refractivity contribution in [3.05, 3.63) is 35.5 Å². The van der Waals surface area contributed by atoms with E-state index in [0.29, 0.717) is 5.75 Å². The Hall–Kier alpha value is -2.90. The molecule has 0 radical (unpaired) electrons. The van der Waals surface area contributed by atoms with Crippen molar-refractivity contribution < 1.29 is 19.4 Å². The van der Waals surface area contributed by atoms with Gasteiger partial charge in [-0.05, 0) is 42.0 Å². The molecule has 0 N–H and O–H groups in total. The fraction of sp³-hybridized carbons (Fsp3) is 0.231. The van der Waals surface area contributed by atoms with E-state index < -0.39 is 11.8 Å². The lowest BCUT2D eigenvalue weighted by Crippen LogP contribution is -2.10. The fourth-order valence-electron chi connectivity index (χ4n) is 1.48. The van der Waals surface area contributed by atoms with E-state index in [2.05, 4.69) is 20.2 Å². The second-order valence-corrected chi connectivity index (χ2v) is 3.87. The number of methoxy groups -OCH3 is 1. The Kier molecular flexibility index (Phi) is 4.50. The highest BCUT2D eigenvalue weighted by Crippen LogP contribution is 2.12. The maximum Gasteiger partial charge on any atom is 0.359 e. The van der Waals surface area contributed by atoms with E-state index in [-0.39, 0.29) is 12.3 Å². The van der Waals surface area contributed by atoms with Gasteiger partial charge in [0.05, 0.1) is 19.9 Å². The van der Waals surface area contributed by atoms with Gasteiger partial charge in [0.1, 0.15) is 5.75 Å². The van der Waals surface area contributed by atoms with Crippen LogP contribution in [0.1, 0.15) is 23.0 Å². The molecule has 0 bridgehead atoms. The average Bonchev–Trinajstić information content (AvgIpc) is 2.87. The van der Waals surface area contributed by atoms with Gasteiger partial charge in [-0.1, -0.05) is 0 Å². The predicted molar refractivity (Wildman–Crippen MR) is 71.4 cm³/mol.